The molecule has 0 fully saturated rings. The van der Waals surface area contributed by atoms with Gasteiger partial charge in [-0.1, -0.05) is 269 Å². The third-order valence-electron chi connectivity index (χ3n) is 16.2. The molecule has 19 heteroatoms. The van der Waals surface area contributed by atoms with Crippen LogP contribution in [0.3, 0.4) is 0 Å². The van der Waals surface area contributed by atoms with Gasteiger partial charge in [-0.05, 0) is 103 Å². The minimum Gasteiger partial charge on any atom is -0.462 e. The maximum atomic E-state index is 13.1. The Morgan fingerprint density at radius 3 is 0.851 bits per heavy atom. The van der Waals surface area contributed by atoms with Crippen molar-refractivity contribution in [1.29, 1.82) is 0 Å². The van der Waals surface area contributed by atoms with E-state index in [-0.39, 0.29) is 25.7 Å². The molecular weight excluding hydrogens is 1230 g/mol. The molecule has 0 rings (SSSR count). The van der Waals surface area contributed by atoms with Gasteiger partial charge in [0.05, 0.1) is 26.4 Å². The van der Waals surface area contributed by atoms with Gasteiger partial charge in [0.2, 0.25) is 0 Å². The maximum absolute atomic E-state index is 13.1. The fourth-order valence-corrected chi connectivity index (χ4v) is 12.0. The average molecular weight is 1370 g/mol. The summed E-state index contributed by atoms with van der Waals surface area (Å²) in [6, 6.07) is 0. The van der Waals surface area contributed by atoms with Gasteiger partial charge in [-0.25, -0.2) is 9.13 Å². The third kappa shape index (κ3) is 67.6. The van der Waals surface area contributed by atoms with Gasteiger partial charge in [0.15, 0.2) is 12.2 Å². The topological polar surface area (TPSA) is 237 Å². The van der Waals surface area contributed by atoms with E-state index in [1.165, 1.54) is 116 Å². The van der Waals surface area contributed by atoms with Crippen molar-refractivity contribution in [2.75, 3.05) is 39.6 Å². The summed E-state index contributed by atoms with van der Waals surface area (Å²) in [7, 11) is -9.93. The second-order valence-corrected chi connectivity index (χ2v) is 28.5. The van der Waals surface area contributed by atoms with Gasteiger partial charge in [-0.2, -0.15) is 0 Å². The lowest BCUT2D eigenvalue weighted by atomic mass is 10.0. The molecule has 3 N–H and O–H groups in total. The fraction of sp³-hybridized carbons (Fsp3) is 0.840. The maximum Gasteiger partial charge on any atom is 0.472 e. The van der Waals surface area contributed by atoms with E-state index >= 15 is 0 Å². The van der Waals surface area contributed by atoms with Gasteiger partial charge >= 0.3 is 39.5 Å². The van der Waals surface area contributed by atoms with E-state index in [4.69, 9.17) is 37.0 Å². The van der Waals surface area contributed by atoms with Gasteiger partial charge in [0, 0.05) is 25.7 Å². The lowest BCUT2D eigenvalue weighted by Crippen LogP contribution is -2.30. The summed E-state index contributed by atoms with van der Waals surface area (Å²) in [6.45, 7) is 4.81. The molecule has 0 aromatic heterocycles. The summed E-state index contributed by atoms with van der Waals surface area (Å²) in [4.78, 5) is 72.7. The molecule has 5 atom stereocenters. The number of unbranched alkanes of at least 4 members (excludes halogenated alkanes) is 38. The zero-order valence-corrected chi connectivity index (χ0v) is 61.7. The average Bonchev–Trinajstić information content (AvgIpc) is 2.45. The number of hydrogen-bond donors (Lipinski definition) is 3. The molecule has 5 unspecified atom stereocenters. The molecule has 94 heavy (non-hydrogen) atoms. The number of carbonyl (C=O) groups excluding carboxylic acids is 4. The monoisotopic (exact) mass is 1370 g/mol. The van der Waals surface area contributed by atoms with Crippen LogP contribution in [0.4, 0.5) is 0 Å². The smallest absolute Gasteiger partial charge is 0.462 e. The Morgan fingerprint density at radius 1 is 0.298 bits per heavy atom. The summed E-state index contributed by atoms with van der Waals surface area (Å²) in [5.74, 6) is -2.18. The summed E-state index contributed by atoms with van der Waals surface area (Å²) < 4.78 is 68.4. The molecule has 0 aliphatic carbocycles. The van der Waals surface area contributed by atoms with E-state index in [2.05, 4.69) is 76.3 Å². The summed E-state index contributed by atoms with van der Waals surface area (Å²) >= 11 is 0. The van der Waals surface area contributed by atoms with Crippen LogP contribution in [0.25, 0.3) is 0 Å². The van der Waals surface area contributed by atoms with Crippen LogP contribution in [-0.2, 0) is 65.4 Å². The van der Waals surface area contributed by atoms with Crippen molar-refractivity contribution in [2.45, 2.75) is 367 Å². The van der Waals surface area contributed by atoms with E-state index < -0.39 is 97.5 Å². The number of allylic oxidation sites excluding steroid dienone is 8. The molecule has 17 nitrogen and oxygen atoms in total. The molecule has 0 radical (unpaired) electrons. The number of carbonyl (C=O) groups is 4. The molecule has 0 saturated carbocycles. The van der Waals surface area contributed by atoms with E-state index in [9.17, 15) is 43.2 Å². The van der Waals surface area contributed by atoms with Gasteiger partial charge < -0.3 is 33.8 Å². The predicted octanol–water partition coefficient (Wildman–Crippen LogP) is 21.3. The van der Waals surface area contributed by atoms with Crippen LogP contribution in [0, 0.1) is 0 Å². The number of rotatable bonds is 72. The summed E-state index contributed by atoms with van der Waals surface area (Å²) in [5.41, 5.74) is 0. The number of esters is 4. The number of phosphoric ester groups is 2. The van der Waals surface area contributed by atoms with Crippen molar-refractivity contribution in [1.82, 2.24) is 0 Å². The molecule has 0 aliphatic heterocycles. The van der Waals surface area contributed by atoms with E-state index in [1.54, 1.807) is 0 Å². The van der Waals surface area contributed by atoms with Crippen LogP contribution in [0.2, 0.25) is 0 Å². The third-order valence-corrected chi connectivity index (χ3v) is 18.1. The Kier molecular flexibility index (Phi) is 66.4. The van der Waals surface area contributed by atoms with Crippen molar-refractivity contribution in [2.24, 2.45) is 0 Å². The zero-order chi connectivity index (χ0) is 69.0. The molecule has 0 spiro atoms. The Balaban J connectivity index is 5.31. The van der Waals surface area contributed by atoms with Crippen molar-refractivity contribution in [3.8, 4) is 0 Å². The number of aliphatic hydroxyl groups is 1. The Labute approximate surface area is 572 Å². The van der Waals surface area contributed by atoms with Gasteiger partial charge in [0.1, 0.15) is 19.3 Å². The lowest BCUT2D eigenvalue weighted by Gasteiger charge is -2.21. The van der Waals surface area contributed by atoms with Crippen molar-refractivity contribution >= 4 is 39.5 Å². The predicted molar refractivity (Wildman–Crippen MR) is 381 cm³/mol. The number of phosphoric acid groups is 2. The number of ether oxygens (including phenoxy) is 4. The van der Waals surface area contributed by atoms with Gasteiger partial charge in [-0.15, -0.1) is 0 Å². The Bertz CT molecular complexity index is 1980. The highest BCUT2D eigenvalue weighted by Gasteiger charge is 2.30. The first-order valence-electron chi connectivity index (χ1n) is 37.9. The largest absolute Gasteiger partial charge is 0.472 e. The number of hydrogen-bond acceptors (Lipinski definition) is 15. The Morgan fingerprint density at radius 2 is 0.543 bits per heavy atom. The SMILES string of the molecule is CCC/C=C\C/C=C\CCCCCCCC(=O)OCC(COP(=O)(O)OCC(O)COP(=O)(O)OCC(COC(=O)CCCCCCC/C=C\CCCCCCCC)OC(=O)CCCCCCCCCCCCCCC)OC(=O)CCCCCCC/C=C\CCCCCC. The van der Waals surface area contributed by atoms with E-state index in [0.29, 0.717) is 25.7 Å². The minimum absolute atomic E-state index is 0.0862. The van der Waals surface area contributed by atoms with Crippen LogP contribution < -0.4 is 0 Å². The minimum atomic E-state index is -4.97. The number of aliphatic hydroxyl groups excluding tert-OH is 1. The molecule has 0 aliphatic rings. The molecular formula is C75H138O17P2. The molecule has 0 saturated heterocycles. The van der Waals surface area contributed by atoms with Crippen LogP contribution in [-0.4, -0.2) is 96.7 Å². The fourth-order valence-electron chi connectivity index (χ4n) is 10.4. The molecule has 0 bridgehead atoms. The second-order valence-electron chi connectivity index (χ2n) is 25.6. The summed E-state index contributed by atoms with van der Waals surface area (Å²) in [5, 5.41) is 10.6. The Hall–Kier alpha value is -2.98. The molecule has 0 heterocycles. The molecule has 0 aromatic carbocycles. The standard InChI is InChI=1S/C75H138O17P2/c1-5-9-13-17-21-25-29-33-34-38-40-44-48-52-56-60-73(78)86-66-71(92-75(80)62-58-54-50-46-42-37-32-28-24-20-16-12-8-4)68-90-94(83,84)88-64-69(76)63-87-93(81,82)89-67-70(91-74(79)61-57-53-49-45-41-36-31-27-23-19-15-11-7-3)65-85-72(77)59-55-51-47-43-39-35-30-26-22-18-14-10-6-2/h14,18,26-27,30-31,33-34,69-71,76H,5-13,15-17,19-25,28-29,32,35-68H2,1-4H3,(H,81,82)(H,83,84)/b18-14-,30-26-,31-27-,34-33-. The summed E-state index contributed by atoms with van der Waals surface area (Å²) in [6.07, 6.45) is 63.9. The first-order valence-corrected chi connectivity index (χ1v) is 40.9. The van der Waals surface area contributed by atoms with E-state index in [0.717, 1.165) is 154 Å². The highest BCUT2D eigenvalue weighted by atomic mass is 31.2. The van der Waals surface area contributed by atoms with Gasteiger partial charge in [-0.3, -0.25) is 37.3 Å². The first-order chi connectivity index (χ1) is 45.7. The van der Waals surface area contributed by atoms with Crippen molar-refractivity contribution in [3.63, 3.8) is 0 Å². The quantitative estimate of drug-likeness (QED) is 0.0169. The van der Waals surface area contributed by atoms with E-state index in [1.807, 2.05) is 0 Å². The van der Waals surface area contributed by atoms with Crippen LogP contribution >= 0.6 is 15.6 Å². The highest BCUT2D eigenvalue weighted by molar-refractivity contribution is 7.47. The molecule has 0 aromatic rings. The molecule has 0 amide bonds. The first kappa shape index (κ1) is 91.0. The van der Waals surface area contributed by atoms with Crippen LogP contribution in [0.15, 0.2) is 48.6 Å². The van der Waals surface area contributed by atoms with Crippen molar-refractivity contribution in [3.05, 3.63) is 48.6 Å². The highest BCUT2D eigenvalue weighted by Crippen LogP contribution is 2.45. The van der Waals surface area contributed by atoms with Crippen LogP contribution in [0.1, 0.15) is 349 Å². The van der Waals surface area contributed by atoms with Gasteiger partial charge in [0.25, 0.3) is 0 Å². The lowest BCUT2D eigenvalue weighted by molar-refractivity contribution is -0.161. The van der Waals surface area contributed by atoms with Crippen LogP contribution in [0.5, 0.6) is 0 Å². The van der Waals surface area contributed by atoms with Crippen molar-refractivity contribution < 1.29 is 80.2 Å². The normalized spacial score (nSPS) is 14.2. The molecule has 550 valence electrons. The zero-order valence-electron chi connectivity index (χ0n) is 59.9. The second kappa shape index (κ2) is 68.5.